The summed E-state index contributed by atoms with van der Waals surface area (Å²) in [5.41, 5.74) is 1.14. The number of sulfonamides is 1. The molecule has 0 bridgehead atoms. The second-order valence-corrected chi connectivity index (χ2v) is 9.75. The zero-order valence-electron chi connectivity index (χ0n) is 17.9. The normalized spacial score (nSPS) is 16.1. The Hall–Kier alpha value is -2.23. The van der Waals surface area contributed by atoms with Crippen LogP contribution in [0.5, 0.6) is 5.75 Å². The second kappa shape index (κ2) is 9.72. The van der Waals surface area contributed by atoms with E-state index in [4.69, 9.17) is 4.74 Å². The molecule has 3 rings (SSSR count). The van der Waals surface area contributed by atoms with E-state index < -0.39 is 16.1 Å². The minimum absolute atomic E-state index is 0.0567. The smallest absolute Gasteiger partial charge is 0.209 e. The van der Waals surface area contributed by atoms with Crippen molar-refractivity contribution in [2.75, 3.05) is 26.0 Å². The summed E-state index contributed by atoms with van der Waals surface area (Å²) in [5.74, 6) is 2.51. The van der Waals surface area contributed by atoms with E-state index in [1.54, 1.807) is 6.08 Å². The van der Waals surface area contributed by atoms with Crippen molar-refractivity contribution in [2.24, 2.45) is 5.92 Å². The lowest BCUT2D eigenvalue weighted by atomic mass is 10.1. The zero-order chi connectivity index (χ0) is 21.7. The summed E-state index contributed by atoms with van der Waals surface area (Å²) in [7, 11) is -3.36. The van der Waals surface area contributed by atoms with Gasteiger partial charge in [0.25, 0.3) is 0 Å². The van der Waals surface area contributed by atoms with Gasteiger partial charge >= 0.3 is 0 Å². The first-order valence-corrected chi connectivity index (χ1v) is 12.1. The fourth-order valence-electron chi connectivity index (χ4n) is 3.66. The van der Waals surface area contributed by atoms with E-state index >= 15 is 0 Å². The van der Waals surface area contributed by atoms with Gasteiger partial charge in [-0.25, -0.2) is 13.1 Å². The predicted octanol–water partition coefficient (Wildman–Crippen LogP) is 2.15. The van der Waals surface area contributed by atoms with Crippen molar-refractivity contribution in [2.45, 2.75) is 39.4 Å². The van der Waals surface area contributed by atoms with Crippen LogP contribution in [0.25, 0.3) is 0 Å². The molecule has 1 aromatic heterocycles. The third-order valence-corrected chi connectivity index (χ3v) is 5.84. The Bertz CT molecular complexity index is 971. The predicted molar refractivity (Wildman–Crippen MR) is 117 cm³/mol. The molecule has 30 heavy (non-hydrogen) atoms. The van der Waals surface area contributed by atoms with Crippen LogP contribution in [-0.4, -0.2) is 54.0 Å². The molecule has 8 nitrogen and oxygen atoms in total. The number of hydrogen-bond donors (Lipinski definition) is 1. The molecule has 164 valence electrons. The maximum atomic E-state index is 11.8. The van der Waals surface area contributed by atoms with Crippen molar-refractivity contribution in [3.05, 3.63) is 54.1 Å². The molecule has 0 radical (unpaired) electrons. The SMILES string of the molecule is C=CCOc1ccccc1CN1CCc2nnc([C@H](NS(C)(=O)=O)C(C)C)n2CC1. The minimum Gasteiger partial charge on any atom is -0.489 e. The van der Waals surface area contributed by atoms with Crippen molar-refractivity contribution in [1.29, 1.82) is 0 Å². The molecule has 0 aliphatic carbocycles. The molecule has 0 saturated heterocycles. The monoisotopic (exact) mass is 433 g/mol. The molecule has 0 spiro atoms. The van der Waals surface area contributed by atoms with Crippen LogP contribution in [-0.2, 0) is 29.5 Å². The van der Waals surface area contributed by atoms with Gasteiger partial charge in [0.05, 0.1) is 12.3 Å². The number of nitrogens with zero attached hydrogens (tertiary/aromatic N) is 4. The van der Waals surface area contributed by atoms with Gasteiger partial charge in [0.2, 0.25) is 10.0 Å². The Kier molecular flexibility index (Phi) is 7.27. The Morgan fingerprint density at radius 3 is 2.70 bits per heavy atom. The highest BCUT2D eigenvalue weighted by Gasteiger charge is 2.28. The van der Waals surface area contributed by atoms with Gasteiger partial charge in [-0.05, 0) is 12.0 Å². The summed E-state index contributed by atoms with van der Waals surface area (Å²) in [4.78, 5) is 2.36. The Morgan fingerprint density at radius 1 is 1.23 bits per heavy atom. The lowest BCUT2D eigenvalue weighted by molar-refractivity contribution is 0.262. The summed E-state index contributed by atoms with van der Waals surface area (Å²) in [6, 6.07) is 7.65. The van der Waals surface area contributed by atoms with Crippen LogP contribution >= 0.6 is 0 Å². The van der Waals surface area contributed by atoms with Gasteiger partial charge in [0, 0.05) is 38.2 Å². The number of hydrogen-bond acceptors (Lipinski definition) is 6. The number of benzene rings is 1. The topological polar surface area (TPSA) is 89.3 Å². The lowest BCUT2D eigenvalue weighted by Gasteiger charge is -2.23. The molecular weight excluding hydrogens is 402 g/mol. The number of para-hydroxylation sites is 1. The molecular formula is C21H31N5O3S. The molecule has 0 amide bonds. The number of nitrogens with one attached hydrogen (secondary N) is 1. The highest BCUT2D eigenvalue weighted by atomic mass is 32.2. The molecule has 1 atom stereocenters. The minimum atomic E-state index is -3.36. The molecule has 1 N–H and O–H groups in total. The van der Waals surface area contributed by atoms with Crippen LogP contribution in [0, 0.1) is 5.92 Å². The van der Waals surface area contributed by atoms with Gasteiger partial charge in [-0.2, -0.15) is 0 Å². The Balaban J connectivity index is 1.75. The fourth-order valence-corrected chi connectivity index (χ4v) is 4.50. The average Bonchev–Trinajstić information content (AvgIpc) is 2.98. The second-order valence-electron chi connectivity index (χ2n) is 7.97. The summed E-state index contributed by atoms with van der Waals surface area (Å²) in [5, 5.41) is 8.71. The van der Waals surface area contributed by atoms with Crippen molar-refractivity contribution in [3.63, 3.8) is 0 Å². The van der Waals surface area contributed by atoms with Crippen LogP contribution in [0.4, 0.5) is 0 Å². The van der Waals surface area contributed by atoms with E-state index in [2.05, 4.69) is 37.0 Å². The van der Waals surface area contributed by atoms with Crippen molar-refractivity contribution < 1.29 is 13.2 Å². The highest BCUT2D eigenvalue weighted by Crippen LogP contribution is 2.25. The first-order valence-electron chi connectivity index (χ1n) is 10.2. The Morgan fingerprint density at radius 2 is 2.00 bits per heavy atom. The van der Waals surface area contributed by atoms with E-state index in [1.165, 1.54) is 6.26 Å². The number of rotatable bonds is 9. The van der Waals surface area contributed by atoms with Gasteiger partial charge < -0.3 is 9.30 Å². The van der Waals surface area contributed by atoms with Crippen molar-refractivity contribution >= 4 is 10.0 Å². The molecule has 0 unspecified atom stereocenters. The Labute approximate surface area is 179 Å². The van der Waals surface area contributed by atoms with Crippen LogP contribution in [0.2, 0.25) is 0 Å². The summed E-state index contributed by atoms with van der Waals surface area (Å²) >= 11 is 0. The first kappa shape index (κ1) is 22.5. The van der Waals surface area contributed by atoms with Crippen molar-refractivity contribution in [3.8, 4) is 5.75 Å². The van der Waals surface area contributed by atoms with Gasteiger partial charge in [-0.1, -0.05) is 44.7 Å². The molecule has 0 fully saturated rings. The molecule has 1 aliphatic rings. The van der Waals surface area contributed by atoms with Crippen LogP contribution < -0.4 is 9.46 Å². The summed E-state index contributed by atoms with van der Waals surface area (Å²) < 4.78 is 34.3. The largest absolute Gasteiger partial charge is 0.489 e. The number of ether oxygens (including phenoxy) is 1. The molecule has 2 heterocycles. The van der Waals surface area contributed by atoms with E-state index in [-0.39, 0.29) is 5.92 Å². The van der Waals surface area contributed by atoms with Gasteiger partial charge in [-0.15, -0.1) is 10.2 Å². The van der Waals surface area contributed by atoms with Crippen LogP contribution in [0.15, 0.2) is 36.9 Å². The lowest BCUT2D eigenvalue weighted by Crippen LogP contribution is -2.33. The van der Waals surface area contributed by atoms with Crippen LogP contribution in [0.1, 0.15) is 37.1 Å². The van der Waals surface area contributed by atoms with Crippen LogP contribution in [0.3, 0.4) is 0 Å². The van der Waals surface area contributed by atoms with Gasteiger partial charge in [0.15, 0.2) is 5.82 Å². The fraction of sp³-hybridized carbons (Fsp3) is 0.524. The third kappa shape index (κ3) is 5.68. The maximum absolute atomic E-state index is 11.8. The molecule has 2 aromatic rings. The molecule has 1 aromatic carbocycles. The average molecular weight is 434 g/mol. The number of aromatic nitrogens is 3. The van der Waals surface area contributed by atoms with Crippen molar-refractivity contribution in [1.82, 2.24) is 24.4 Å². The molecule has 1 aliphatic heterocycles. The standard InChI is InChI=1S/C21H31N5O3S/c1-5-14-29-18-9-7-6-8-17(18)15-25-11-10-19-22-23-21(26(19)13-12-25)20(16(2)3)24-30(4,27)28/h5-9,16,20,24H,1,10-15H2,2-4H3/t20-/m1/s1. The molecule has 0 saturated carbocycles. The van der Waals surface area contributed by atoms with E-state index in [1.807, 2.05) is 32.0 Å². The van der Waals surface area contributed by atoms with Gasteiger partial charge in [-0.3, -0.25) is 4.90 Å². The third-order valence-electron chi connectivity index (χ3n) is 5.16. The number of fused-ring (bicyclic) bond motifs is 1. The quantitative estimate of drug-likeness (QED) is 0.610. The first-order chi connectivity index (χ1) is 14.3. The molecule has 9 heteroatoms. The van der Waals surface area contributed by atoms with Gasteiger partial charge in [0.1, 0.15) is 18.2 Å². The summed E-state index contributed by atoms with van der Waals surface area (Å²) in [6.45, 7) is 11.3. The highest BCUT2D eigenvalue weighted by molar-refractivity contribution is 7.88. The van der Waals surface area contributed by atoms with E-state index in [9.17, 15) is 8.42 Å². The van der Waals surface area contributed by atoms with E-state index in [0.717, 1.165) is 43.2 Å². The maximum Gasteiger partial charge on any atom is 0.209 e. The summed E-state index contributed by atoms with van der Waals surface area (Å²) in [6.07, 6.45) is 3.67. The van der Waals surface area contributed by atoms with E-state index in [0.29, 0.717) is 19.0 Å². The zero-order valence-corrected chi connectivity index (χ0v) is 18.7.